The maximum absolute atomic E-state index is 12.7. The van der Waals surface area contributed by atoms with E-state index in [1.807, 2.05) is 4.90 Å². The zero-order chi connectivity index (χ0) is 16.4. The maximum Gasteiger partial charge on any atom is 0.253 e. The van der Waals surface area contributed by atoms with Gasteiger partial charge in [0.05, 0.1) is 4.90 Å². The van der Waals surface area contributed by atoms with Crippen LogP contribution >= 0.6 is 0 Å². The van der Waals surface area contributed by atoms with E-state index in [1.54, 1.807) is 28.6 Å². The average molecular weight is 336 g/mol. The minimum atomic E-state index is -3.44. The van der Waals surface area contributed by atoms with E-state index in [2.05, 4.69) is 6.92 Å². The lowest BCUT2D eigenvalue weighted by atomic mass is 10.0. The van der Waals surface area contributed by atoms with E-state index in [4.69, 9.17) is 0 Å². The van der Waals surface area contributed by atoms with Gasteiger partial charge < -0.3 is 4.90 Å². The van der Waals surface area contributed by atoms with Gasteiger partial charge in [-0.3, -0.25) is 4.79 Å². The van der Waals surface area contributed by atoms with Crippen LogP contribution in [0.15, 0.2) is 29.2 Å². The van der Waals surface area contributed by atoms with Crippen molar-refractivity contribution in [2.45, 2.75) is 37.5 Å². The van der Waals surface area contributed by atoms with Gasteiger partial charge in [0, 0.05) is 31.7 Å². The normalized spacial score (nSPS) is 20.8. The summed E-state index contributed by atoms with van der Waals surface area (Å²) in [6, 6.07) is 6.41. The van der Waals surface area contributed by atoms with Crippen LogP contribution in [0.1, 0.15) is 43.0 Å². The van der Waals surface area contributed by atoms with Crippen LogP contribution in [0.25, 0.3) is 0 Å². The zero-order valence-corrected chi connectivity index (χ0v) is 14.4. The van der Waals surface area contributed by atoms with Gasteiger partial charge in [0.15, 0.2) is 0 Å². The Balaban J connectivity index is 1.74. The third-order valence-electron chi connectivity index (χ3n) is 4.87. The van der Waals surface area contributed by atoms with Gasteiger partial charge in [-0.1, -0.05) is 6.92 Å². The third kappa shape index (κ3) is 3.43. The lowest BCUT2D eigenvalue weighted by Crippen LogP contribution is -2.37. The molecule has 6 heteroatoms. The van der Waals surface area contributed by atoms with E-state index in [0.29, 0.717) is 24.6 Å². The summed E-state index contributed by atoms with van der Waals surface area (Å²) in [7, 11) is -3.44. The topological polar surface area (TPSA) is 57.7 Å². The SMILES string of the molecule is CC1CCN(S(=O)(=O)c2ccc(C(=O)N3CCCC3)cc2)CC1. The summed E-state index contributed by atoms with van der Waals surface area (Å²) >= 11 is 0. The van der Waals surface area contributed by atoms with Gasteiger partial charge in [0.1, 0.15) is 0 Å². The highest BCUT2D eigenvalue weighted by molar-refractivity contribution is 7.89. The quantitative estimate of drug-likeness (QED) is 0.851. The Hall–Kier alpha value is -1.40. The van der Waals surface area contributed by atoms with Crippen molar-refractivity contribution in [3.63, 3.8) is 0 Å². The molecular formula is C17H24N2O3S. The summed E-state index contributed by atoms with van der Waals surface area (Å²) in [4.78, 5) is 14.4. The van der Waals surface area contributed by atoms with Gasteiger partial charge in [-0.25, -0.2) is 8.42 Å². The number of carbonyl (C=O) groups excluding carboxylic acids is 1. The molecule has 2 saturated heterocycles. The van der Waals surface area contributed by atoms with Gasteiger partial charge in [-0.15, -0.1) is 0 Å². The van der Waals surface area contributed by atoms with Gasteiger partial charge in [-0.2, -0.15) is 4.31 Å². The predicted molar refractivity (Wildman–Crippen MR) is 88.7 cm³/mol. The van der Waals surface area contributed by atoms with Crippen LogP contribution in [0.3, 0.4) is 0 Å². The van der Waals surface area contributed by atoms with Crippen molar-refractivity contribution in [2.75, 3.05) is 26.2 Å². The van der Waals surface area contributed by atoms with Crippen LogP contribution in [0.2, 0.25) is 0 Å². The molecule has 0 radical (unpaired) electrons. The molecule has 0 aliphatic carbocycles. The number of likely N-dealkylation sites (tertiary alicyclic amines) is 1. The first-order chi connectivity index (χ1) is 11.0. The molecule has 0 N–H and O–H groups in total. The highest BCUT2D eigenvalue weighted by Gasteiger charge is 2.28. The van der Waals surface area contributed by atoms with Gasteiger partial charge in [0.2, 0.25) is 10.0 Å². The monoisotopic (exact) mass is 336 g/mol. The minimum Gasteiger partial charge on any atom is -0.339 e. The van der Waals surface area contributed by atoms with E-state index < -0.39 is 10.0 Å². The molecule has 126 valence electrons. The first-order valence-corrected chi connectivity index (χ1v) is 9.82. The highest BCUT2D eigenvalue weighted by atomic mass is 32.2. The van der Waals surface area contributed by atoms with Crippen LogP contribution in [-0.4, -0.2) is 49.7 Å². The number of nitrogens with zero attached hydrogens (tertiary/aromatic N) is 2. The summed E-state index contributed by atoms with van der Waals surface area (Å²) in [5, 5.41) is 0. The Bertz CT molecular complexity index is 656. The fraction of sp³-hybridized carbons (Fsp3) is 0.588. The van der Waals surface area contributed by atoms with Crippen LogP contribution < -0.4 is 0 Å². The molecule has 1 amide bonds. The summed E-state index contributed by atoms with van der Waals surface area (Å²) in [6.07, 6.45) is 3.91. The molecule has 2 fully saturated rings. The van der Waals surface area contributed by atoms with Crippen LogP contribution in [-0.2, 0) is 10.0 Å². The first kappa shape index (κ1) is 16.5. The number of hydrogen-bond donors (Lipinski definition) is 0. The Labute approximate surface area is 138 Å². The van der Waals surface area contributed by atoms with E-state index in [0.717, 1.165) is 38.8 Å². The highest BCUT2D eigenvalue weighted by Crippen LogP contribution is 2.24. The number of amides is 1. The second-order valence-corrected chi connectivity index (χ2v) is 8.55. The Morgan fingerprint density at radius 2 is 1.57 bits per heavy atom. The van der Waals surface area contributed by atoms with Crippen molar-refractivity contribution in [3.05, 3.63) is 29.8 Å². The number of hydrogen-bond acceptors (Lipinski definition) is 3. The summed E-state index contributed by atoms with van der Waals surface area (Å²) in [5.41, 5.74) is 0.568. The fourth-order valence-electron chi connectivity index (χ4n) is 3.25. The number of rotatable bonds is 3. The standard InChI is InChI=1S/C17H24N2O3S/c1-14-8-12-19(13-9-14)23(21,22)16-6-4-15(5-7-16)17(20)18-10-2-3-11-18/h4-7,14H,2-3,8-13H2,1H3. The molecule has 2 aliphatic heterocycles. The molecule has 0 atom stereocenters. The average Bonchev–Trinajstić information content (AvgIpc) is 3.09. The second-order valence-electron chi connectivity index (χ2n) is 6.61. The molecule has 1 aromatic carbocycles. The Kier molecular flexibility index (Phi) is 4.73. The van der Waals surface area contributed by atoms with Gasteiger partial charge in [0.25, 0.3) is 5.91 Å². The molecule has 2 aliphatic rings. The van der Waals surface area contributed by atoms with Crippen LogP contribution in [0.5, 0.6) is 0 Å². The molecule has 23 heavy (non-hydrogen) atoms. The number of piperidine rings is 1. The first-order valence-electron chi connectivity index (χ1n) is 8.38. The Morgan fingerprint density at radius 1 is 1.00 bits per heavy atom. The number of carbonyl (C=O) groups is 1. The molecule has 0 unspecified atom stereocenters. The molecule has 5 nitrogen and oxygen atoms in total. The van der Waals surface area contributed by atoms with Gasteiger partial charge in [-0.05, 0) is 55.9 Å². The van der Waals surface area contributed by atoms with E-state index >= 15 is 0 Å². The van der Waals surface area contributed by atoms with Crippen molar-refractivity contribution in [3.8, 4) is 0 Å². The third-order valence-corrected chi connectivity index (χ3v) is 6.79. The molecule has 0 bridgehead atoms. The largest absolute Gasteiger partial charge is 0.339 e. The van der Waals surface area contributed by atoms with E-state index in [1.165, 1.54) is 0 Å². The summed E-state index contributed by atoms with van der Waals surface area (Å²) in [5.74, 6) is 0.583. The molecule has 0 aromatic heterocycles. The fourth-order valence-corrected chi connectivity index (χ4v) is 4.72. The predicted octanol–water partition coefficient (Wildman–Crippen LogP) is 2.34. The molecule has 0 saturated carbocycles. The van der Waals surface area contributed by atoms with Crippen molar-refractivity contribution >= 4 is 15.9 Å². The number of sulfonamides is 1. The van der Waals surface area contributed by atoms with Crippen molar-refractivity contribution < 1.29 is 13.2 Å². The minimum absolute atomic E-state index is 0.00162. The molecular weight excluding hydrogens is 312 g/mol. The van der Waals surface area contributed by atoms with Crippen molar-refractivity contribution in [2.24, 2.45) is 5.92 Å². The molecule has 3 rings (SSSR count). The molecule has 2 heterocycles. The van der Waals surface area contributed by atoms with E-state index in [-0.39, 0.29) is 10.8 Å². The van der Waals surface area contributed by atoms with Crippen molar-refractivity contribution in [1.82, 2.24) is 9.21 Å². The second kappa shape index (κ2) is 6.61. The summed E-state index contributed by atoms with van der Waals surface area (Å²) < 4.78 is 26.9. The maximum atomic E-state index is 12.7. The van der Waals surface area contributed by atoms with Crippen LogP contribution in [0, 0.1) is 5.92 Å². The zero-order valence-electron chi connectivity index (χ0n) is 13.6. The lowest BCUT2D eigenvalue weighted by molar-refractivity contribution is 0.0792. The Morgan fingerprint density at radius 3 is 2.13 bits per heavy atom. The molecule has 1 aromatic rings. The van der Waals surface area contributed by atoms with E-state index in [9.17, 15) is 13.2 Å². The van der Waals surface area contributed by atoms with Crippen molar-refractivity contribution in [1.29, 1.82) is 0 Å². The lowest BCUT2D eigenvalue weighted by Gasteiger charge is -2.29. The number of benzene rings is 1. The van der Waals surface area contributed by atoms with Gasteiger partial charge >= 0.3 is 0 Å². The smallest absolute Gasteiger partial charge is 0.253 e. The van der Waals surface area contributed by atoms with Crippen LogP contribution in [0.4, 0.5) is 0 Å². The molecule has 0 spiro atoms. The summed E-state index contributed by atoms with van der Waals surface area (Å²) in [6.45, 7) is 4.91.